The number of hydrogen-bond acceptors (Lipinski definition) is 6. The van der Waals surface area contributed by atoms with Crippen molar-refractivity contribution in [3.63, 3.8) is 0 Å². The number of aromatic nitrogens is 1. The largest absolute Gasteiger partial charge is 0.382 e. The first-order valence-electron chi connectivity index (χ1n) is 8.65. The van der Waals surface area contributed by atoms with Crippen LogP contribution in [0.25, 0.3) is 10.9 Å². The molecule has 1 aliphatic rings. The number of pyridine rings is 1. The highest BCUT2D eigenvalue weighted by Crippen LogP contribution is 2.28. The number of nitriles is 1. The third-order valence-electron chi connectivity index (χ3n) is 4.39. The molecule has 0 amide bonds. The van der Waals surface area contributed by atoms with Gasteiger partial charge in [-0.1, -0.05) is 11.6 Å². The van der Waals surface area contributed by atoms with Crippen LogP contribution < -0.4 is 5.32 Å². The van der Waals surface area contributed by atoms with E-state index in [2.05, 4.69) is 16.4 Å². The van der Waals surface area contributed by atoms with Crippen LogP contribution in [0.5, 0.6) is 0 Å². The maximum Gasteiger partial charge on any atom is 0.216 e. The number of sulfonamides is 1. The van der Waals surface area contributed by atoms with Crippen molar-refractivity contribution in [1.29, 1.82) is 5.26 Å². The number of morpholine rings is 1. The number of nitrogens with zero attached hydrogens (tertiary/aromatic N) is 3. The Morgan fingerprint density at radius 3 is 2.74 bits per heavy atom. The van der Waals surface area contributed by atoms with Crippen molar-refractivity contribution >= 4 is 38.2 Å². The molecule has 2 heterocycles. The summed E-state index contributed by atoms with van der Waals surface area (Å²) in [6.45, 7) is 4.60. The molecule has 1 N–H and O–H groups in total. The lowest BCUT2D eigenvalue weighted by atomic mass is 10.1. The zero-order chi connectivity index (χ0) is 19.6. The molecule has 0 spiro atoms. The van der Waals surface area contributed by atoms with Gasteiger partial charge in [-0.25, -0.2) is 8.42 Å². The molecule has 7 nitrogen and oxygen atoms in total. The Balaban J connectivity index is 1.77. The van der Waals surface area contributed by atoms with E-state index < -0.39 is 10.0 Å². The lowest BCUT2D eigenvalue weighted by Crippen LogP contribution is -2.49. The van der Waals surface area contributed by atoms with E-state index in [1.165, 1.54) is 10.5 Å². The van der Waals surface area contributed by atoms with Crippen LogP contribution in [0.15, 0.2) is 24.4 Å². The summed E-state index contributed by atoms with van der Waals surface area (Å²) in [6.07, 6.45) is 1.21. The Labute approximate surface area is 163 Å². The Hall–Kier alpha value is -1.92. The zero-order valence-corrected chi connectivity index (χ0v) is 16.7. The molecule has 2 aromatic rings. The summed E-state index contributed by atoms with van der Waals surface area (Å²) < 4.78 is 32.4. The van der Waals surface area contributed by atoms with Gasteiger partial charge in [-0.15, -0.1) is 0 Å². The van der Waals surface area contributed by atoms with Gasteiger partial charge in [-0.05, 0) is 32.0 Å². The van der Waals surface area contributed by atoms with Gasteiger partial charge >= 0.3 is 0 Å². The quantitative estimate of drug-likeness (QED) is 0.817. The Kier molecular flexibility index (Phi) is 5.86. The lowest BCUT2D eigenvalue weighted by molar-refractivity contribution is -0.0440. The molecule has 1 aromatic heterocycles. The van der Waals surface area contributed by atoms with Gasteiger partial charge in [0, 0.05) is 36.2 Å². The van der Waals surface area contributed by atoms with Gasteiger partial charge in [0.15, 0.2) is 0 Å². The van der Waals surface area contributed by atoms with Gasteiger partial charge < -0.3 is 10.1 Å². The lowest BCUT2D eigenvalue weighted by Gasteiger charge is -2.34. The molecular formula is C18H21ClN4O3S. The number of ether oxygens (including phenoxy) is 1. The minimum absolute atomic E-state index is 0.0817. The number of anilines is 1. The minimum Gasteiger partial charge on any atom is -0.382 e. The van der Waals surface area contributed by atoms with Crippen LogP contribution in [0, 0.1) is 11.3 Å². The maximum absolute atomic E-state index is 12.7. The van der Waals surface area contributed by atoms with Gasteiger partial charge in [-0.2, -0.15) is 9.57 Å². The molecule has 3 rings (SSSR count). The molecule has 0 bridgehead atoms. The summed E-state index contributed by atoms with van der Waals surface area (Å²) in [4.78, 5) is 4.24. The van der Waals surface area contributed by atoms with Gasteiger partial charge in [0.2, 0.25) is 10.0 Å². The van der Waals surface area contributed by atoms with Crippen molar-refractivity contribution in [3.05, 3.63) is 35.0 Å². The molecule has 1 aromatic carbocycles. The second kappa shape index (κ2) is 7.98. The molecule has 1 saturated heterocycles. The average Bonchev–Trinajstić information content (AvgIpc) is 2.61. The number of nitrogens with one attached hydrogen (secondary N) is 1. The predicted molar refractivity (Wildman–Crippen MR) is 105 cm³/mol. The average molecular weight is 409 g/mol. The summed E-state index contributed by atoms with van der Waals surface area (Å²) >= 11 is 6.07. The van der Waals surface area contributed by atoms with E-state index in [4.69, 9.17) is 16.3 Å². The summed E-state index contributed by atoms with van der Waals surface area (Å²) in [7, 11) is -3.43. The van der Waals surface area contributed by atoms with E-state index in [1.54, 1.807) is 18.2 Å². The van der Waals surface area contributed by atoms with E-state index in [0.29, 0.717) is 40.3 Å². The van der Waals surface area contributed by atoms with Crippen molar-refractivity contribution in [2.24, 2.45) is 0 Å². The van der Waals surface area contributed by atoms with Crippen molar-refractivity contribution in [3.8, 4) is 6.07 Å². The SMILES string of the molecule is CC1CN(S(=O)(=O)CCNc2c(C#N)cnc3ccc(Cl)cc23)CC(C)O1. The molecule has 1 fully saturated rings. The van der Waals surface area contributed by atoms with Crippen LogP contribution in [0.4, 0.5) is 5.69 Å². The summed E-state index contributed by atoms with van der Waals surface area (Å²) in [6, 6.07) is 7.28. The van der Waals surface area contributed by atoms with Crippen LogP contribution in [-0.4, -0.2) is 55.3 Å². The van der Waals surface area contributed by atoms with Crippen molar-refractivity contribution < 1.29 is 13.2 Å². The molecule has 0 aliphatic carbocycles. The topological polar surface area (TPSA) is 95.3 Å². The predicted octanol–water partition coefficient (Wildman–Crippen LogP) is 2.61. The van der Waals surface area contributed by atoms with Gasteiger partial charge in [-0.3, -0.25) is 4.98 Å². The number of halogens is 1. The molecule has 0 radical (unpaired) electrons. The van der Waals surface area contributed by atoms with Crippen molar-refractivity contribution in [2.45, 2.75) is 26.1 Å². The number of rotatable bonds is 5. The van der Waals surface area contributed by atoms with Gasteiger partial charge in [0.25, 0.3) is 0 Å². The van der Waals surface area contributed by atoms with Crippen LogP contribution in [0.1, 0.15) is 19.4 Å². The third kappa shape index (κ3) is 4.50. The molecular weight excluding hydrogens is 388 g/mol. The normalized spacial score (nSPS) is 21.1. The highest BCUT2D eigenvalue weighted by Gasteiger charge is 2.30. The second-order valence-corrected chi connectivity index (χ2v) is 9.16. The van der Waals surface area contributed by atoms with E-state index in [9.17, 15) is 13.7 Å². The first kappa shape index (κ1) is 19.8. The van der Waals surface area contributed by atoms with E-state index in [1.807, 2.05) is 13.8 Å². The Bertz CT molecular complexity index is 980. The third-order valence-corrected chi connectivity index (χ3v) is 6.43. The number of benzene rings is 1. The van der Waals surface area contributed by atoms with E-state index >= 15 is 0 Å². The van der Waals surface area contributed by atoms with E-state index in [0.717, 1.165) is 0 Å². The van der Waals surface area contributed by atoms with Crippen molar-refractivity contribution in [1.82, 2.24) is 9.29 Å². The molecule has 9 heteroatoms. The molecule has 2 atom stereocenters. The van der Waals surface area contributed by atoms with Crippen LogP contribution in [-0.2, 0) is 14.8 Å². The Morgan fingerprint density at radius 1 is 1.37 bits per heavy atom. The fourth-order valence-corrected chi connectivity index (χ4v) is 4.90. The monoisotopic (exact) mass is 408 g/mol. The van der Waals surface area contributed by atoms with Crippen LogP contribution in [0.3, 0.4) is 0 Å². The highest BCUT2D eigenvalue weighted by atomic mass is 35.5. The van der Waals surface area contributed by atoms with Crippen LogP contribution in [0.2, 0.25) is 5.02 Å². The van der Waals surface area contributed by atoms with Crippen LogP contribution >= 0.6 is 11.6 Å². The van der Waals surface area contributed by atoms with Crippen molar-refractivity contribution in [2.75, 3.05) is 30.7 Å². The first-order valence-corrected chi connectivity index (χ1v) is 10.6. The minimum atomic E-state index is -3.43. The summed E-state index contributed by atoms with van der Waals surface area (Å²) in [5, 5.41) is 13.7. The highest BCUT2D eigenvalue weighted by molar-refractivity contribution is 7.89. The number of fused-ring (bicyclic) bond motifs is 1. The fraction of sp³-hybridized carbons (Fsp3) is 0.444. The number of hydrogen-bond donors (Lipinski definition) is 1. The van der Waals surface area contributed by atoms with E-state index in [-0.39, 0.29) is 24.5 Å². The second-order valence-electron chi connectivity index (χ2n) is 6.64. The standard InChI is InChI=1S/C18H21ClN4O3S/c1-12-10-23(11-13(2)26-12)27(24,25)6-5-21-18-14(8-20)9-22-17-4-3-15(19)7-16(17)18/h3-4,7,9,12-13H,5-6,10-11H2,1-2H3,(H,21,22). The summed E-state index contributed by atoms with van der Waals surface area (Å²) in [5.41, 5.74) is 1.57. The van der Waals surface area contributed by atoms with Gasteiger partial charge in [0.1, 0.15) is 6.07 Å². The molecule has 27 heavy (non-hydrogen) atoms. The first-order chi connectivity index (χ1) is 12.8. The molecule has 2 unspecified atom stereocenters. The fourth-order valence-electron chi connectivity index (χ4n) is 3.23. The Morgan fingerprint density at radius 2 is 2.07 bits per heavy atom. The zero-order valence-electron chi connectivity index (χ0n) is 15.1. The summed E-state index contributed by atoms with van der Waals surface area (Å²) in [5.74, 6) is -0.0817. The molecule has 0 saturated carbocycles. The molecule has 144 valence electrons. The molecule has 1 aliphatic heterocycles. The maximum atomic E-state index is 12.7. The van der Waals surface area contributed by atoms with Gasteiger partial charge in [0.05, 0.1) is 34.7 Å². The smallest absolute Gasteiger partial charge is 0.216 e.